The van der Waals surface area contributed by atoms with Gasteiger partial charge in [0.2, 0.25) is 0 Å². The second kappa shape index (κ2) is 7.97. The first kappa shape index (κ1) is 19.6. The van der Waals surface area contributed by atoms with Gasteiger partial charge in [-0.05, 0) is 29.8 Å². The van der Waals surface area contributed by atoms with E-state index in [1.807, 2.05) is 30.3 Å². The van der Waals surface area contributed by atoms with Crippen LogP contribution in [0.1, 0.15) is 17.4 Å². The lowest BCUT2D eigenvalue weighted by atomic mass is 10.1. The van der Waals surface area contributed by atoms with Gasteiger partial charge < -0.3 is 10.1 Å². The first-order valence-corrected chi connectivity index (χ1v) is 8.90. The maximum Gasteiger partial charge on any atom is 0.453 e. The Morgan fingerprint density at radius 3 is 2.40 bits per heavy atom. The van der Waals surface area contributed by atoms with Gasteiger partial charge in [0.15, 0.2) is 17.2 Å². The molecule has 0 amide bonds. The maximum absolute atomic E-state index is 13.9. The highest BCUT2D eigenvalue weighted by Crippen LogP contribution is 2.28. The van der Waals surface area contributed by atoms with E-state index in [0.717, 1.165) is 5.56 Å². The van der Waals surface area contributed by atoms with E-state index < -0.39 is 23.9 Å². The number of aromatic nitrogens is 4. The van der Waals surface area contributed by atoms with Crippen LogP contribution >= 0.6 is 0 Å². The van der Waals surface area contributed by atoms with Gasteiger partial charge in [-0.3, -0.25) is 0 Å². The first-order chi connectivity index (χ1) is 14.4. The molecule has 1 atom stereocenters. The quantitative estimate of drug-likeness (QED) is 0.468. The van der Waals surface area contributed by atoms with E-state index in [1.165, 1.54) is 24.3 Å². The Labute approximate surface area is 168 Å². The van der Waals surface area contributed by atoms with Crippen LogP contribution in [0, 0.1) is 5.82 Å². The van der Waals surface area contributed by atoms with E-state index in [0.29, 0.717) is 4.52 Å². The van der Waals surface area contributed by atoms with Crippen molar-refractivity contribution in [2.24, 2.45) is 0 Å². The van der Waals surface area contributed by atoms with Crippen molar-refractivity contribution in [3.8, 4) is 5.75 Å². The van der Waals surface area contributed by atoms with Crippen LogP contribution in [0.4, 0.5) is 23.4 Å². The van der Waals surface area contributed by atoms with Gasteiger partial charge in [0.25, 0.3) is 5.82 Å². The minimum absolute atomic E-state index is 0.0129. The fraction of sp³-hybridized carbons (Fsp3) is 0.150. The number of fused-ring (bicyclic) bond motifs is 1. The van der Waals surface area contributed by atoms with Gasteiger partial charge in [-0.1, -0.05) is 42.5 Å². The van der Waals surface area contributed by atoms with Gasteiger partial charge in [0.05, 0.1) is 6.04 Å². The van der Waals surface area contributed by atoms with Crippen LogP contribution in [0.15, 0.2) is 66.7 Å². The molecule has 0 aliphatic rings. The average molecular weight is 417 g/mol. The van der Waals surface area contributed by atoms with Gasteiger partial charge in [0, 0.05) is 0 Å². The summed E-state index contributed by atoms with van der Waals surface area (Å²) < 4.78 is 59.5. The Balaban J connectivity index is 1.62. The van der Waals surface area contributed by atoms with Crippen molar-refractivity contribution >= 4 is 11.5 Å². The van der Waals surface area contributed by atoms with Crippen molar-refractivity contribution < 1.29 is 22.3 Å². The minimum atomic E-state index is -4.70. The van der Waals surface area contributed by atoms with Crippen molar-refractivity contribution in [2.75, 3.05) is 11.9 Å². The molecule has 2 aromatic heterocycles. The Bertz CT molecular complexity index is 1150. The second-order valence-corrected chi connectivity index (χ2v) is 6.36. The smallest absolute Gasteiger partial charge is 0.453 e. The van der Waals surface area contributed by atoms with Crippen LogP contribution in [0.25, 0.3) is 5.65 Å². The van der Waals surface area contributed by atoms with Gasteiger partial charge in [-0.15, -0.1) is 15.3 Å². The van der Waals surface area contributed by atoms with Crippen LogP contribution in [0.3, 0.4) is 0 Å². The fourth-order valence-corrected chi connectivity index (χ4v) is 2.86. The van der Waals surface area contributed by atoms with E-state index in [4.69, 9.17) is 4.74 Å². The topological polar surface area (TPSA) is 64.3 Å². The normalized spacial score (nSPS) is 12.7. The molecule has 0 saturated carbocycles. The lowest BCUT2D eigenvalue weighted by molar-refractivity contribution is -0.146. The van der Waals surface area contributed by atoms with Gasteiger partial charge >= 0.3 is 6.18 Å². The van der Waals surface area contributed by atoms with E-state index in [-0.39, 0.29) is 23.8 Å². The highest BCUT2D eigenvalue weighted by molar-refractivity contribution is 5.45. The Morgan fingerprint density at radius 2 is 1.67 bits per heavy atom. The highest BCUT2D eigenvalue weighted by atomic mass is 19.4. The average Bonchev–Trinajstić information content (AvgIpc) is 3.16. The lowest BCUT2D eigenvalue weighted by Crippen LogP contribution is -2.21. The molecule has 2 heterocycles. The third kappa shape index (κ3) is 4.17. The molecule has 0 radical (unpaired) electrons. The number of alkyl halides is 3. The summed E-state index contributed by atoms with van der Waals surface area (Å²) in [5.74, 6) is -1.51. The number of ether oxygens (including phenoxy) is 1. The molecule has 10 heteroatoms. The van der Waals surface area contributed by atoms with Crippen LogP contribution in [-0.4, -0.2) is 26.4 Å². The molecule has 4 rings (SSSR count). The number of hydrogen-bond donors (Lipinski definition) is 1. The Kier molecular flexibility index (Phi) is 5.21. The molecular weight excluding hydrogens is 402 g/mol. The lowest BCUT2D eigenvalue weighted by Gasteiger charge is -2.20. The summed E-state index contributed by atoms with van der Waals surface area (Å²) in [6, 6.07) is 17.4. The molecule has 0 bridgehead atoms. The molecule has 0 spiro atoms. The van der Waals surface area contributed by atoms with E-state index in [9.17, 15) is 17.6 Å². The van der Waals surface area contributed by atoms with Crippen LogP contribution in [0.5, 0.6) is 5.75 Å². The summed E-state index contributed by atoms with van der Waals surface area (Å²) in [7, 11) is 0. The third-order valence-electron chi connectivity index (χ3n) is 4.28. The van der Waals surface area contributed by atoms with E-state index in [2.05, 4.69) is 20.6 Å². The predicted molar refractivity (Wildman–Crippen MR) is 100 cm³/mol. The predicted octanol–water partition coefficient (Wildman–Crippen LogP) is 4.51. The molecular formula is C20H15F4N5O. The summed E-state index contributed by atoms with van der Waals surface area (Å²) in [6.07, 6.45) is -4.70. The SMILES string of the molecule is Fc1ccccc1OCC(Nc1ccc2nnc(C(F)(F)F)n2n1)c1ccccc1. The summed E-state index contributed by atoms with van der Waals surface area (Å²) >= 11 is 0. The first-order valence-electron chi connectivity index (χ1n) is 8.90. The van der Waals surface area contributed by atoms with Gasteiger partial charge in [-0.25, -0.2) is 4.39 Å². The van der Waals surface area contributed by atoms with Gasteiger partial charge in [-0.2, -0.15) is 17.7 Å². The number of para-hydroxylation sites is 1. The highest BCUT2D eigenvalue weighted by Gasteiger charge is 2.37. The molecule has 154 valence electrons. The van der Waals surface area contributed by atoms with E-state index >= 15 is 0 Å². The Morgan fingerprint density at radius 1 is 0.933 bits per heavy atom. The number of anilines is 1. The van der Waals surface area contributed by atoms with Crippen molar-refractivity contribution in [3.05, 3.63) is 83.9 Å². The molecule has 0 fully saturated rings. The van der Waals surface area contributed by atoms with Crippen LogP contribution in [-0.2, 0) is 6.18 Å². The largest absolute Gasteiger partial charge is 0.488 e. The molecule has 30 heavy (non-hydrogen) atoms. The number of halogens is 4. The Hall–Kier alpha value is -3.69. The number of rotatable bonds is 6. The molecule has 4 aromatic rings. The zero-order valence-electron chi connectivity index (χ0n) is 15.3. The monoisotopic (exact) mass is 417 g/mol. The molecule has 0 aliphatic carbocycles. The number of nitrogens with zero attached hydrogens (tertiary/aromatic N) is 4. The van der Waals surface area contributed by atoms with Crippen molar-refractivity contribution in [1.29, 1.82) is 0 Å². The van der Waals surface area contributed by atoms with Crippen molar-refractivity contribution in [3.63, 3.8) is 0 Å². The van der Waals surface area contributed by atoms with Crippen LogP contribution in [0.2, 0.25) is 0 Å². The molecule has 6 nitrogen and oxygen atoms in total. The zero-order chi connectivity index (χ0) is 21.1. The number of hydrogen-bond acceptors (Lipinski definition) is 5. The fourth-order valence-electron chi connectivity index (χ4n) is 2.86. The summed E-state index contributed by atoms with van der Waals surface area (Å²) in [5, 5.41) is 13.7. The van der Waals surface area contributed by atoms with Crippen molar-refractivity contribution in [2.45, 2.75) is 12.2 Å². The summed E-state index contributed by atoms with van der Waals surface area (Å²) in [5.41, 5.74) is 0.752. The van der Waals surface area contributed by atoms with Gasteiger partial charge in [0.1, 0.15) is 12.4 Å². The molecule has 1 N–H and O–H groups in total. The maximum atomic E-state index is 13.9. The second-order valence-electron chi connectivity index (χ2n) is 6.36. The summed E-state index contributed by atoms with van der Waals surface area (Å²) in [6.45, 7) is 0.0129. The zero-order valence-corrected chi connectivity index (χ0v) is 15.3. The number of benzene rings is 2. The number of nitrogens with one attached hydrogen (secondary N) is 1. The third-order valence-corrected chi connectivity index (χ3v) is 4.28. The summed E-state index contributed by atoms with van der Waals surface area (Å²) in [4.78, 5) is 0. The van der Waals surface area contributed by atoms with E-state index in [1.54, 1.807) is 12.1 Å². The molecule has 0 aliphatic heterocycles. The minimum Gasteiger partial charge on any atom is -0.488 e. The van der Waals surface area contributed by atoms with Crippen LogP contribution < -0.4 is 10.1 Å². The molecule has 1 unspecified atom stereocenters. The molecule has 0 saturated heterocycles. The standard InChI is InChI=1S/C20H15F4N5O/c21-14-8-4-5-9-16(14)30-12-15(13-6-2-1-3-7-13)25-17-10-11-18-26-27-19(20(22,23)24)29(18)28-17/h1-11,15H,12H2,(H,25,28). The molecule has 2 aromatic carbocycles. The van der Waals surface area contributed by atoms with Crippen molar-refractivity contribution in [1.82, 2.24) is 19.8 Å².